The molecule has 19 heavy (non-hydrogen) atoms. The van der Waals surface area contributed by atoms with Crippen molar-refractivity contribution in [2.24, 2.45) is 5.92 Å². The van der Waals surface area contributed by atoms with Crippen molar-refractivity contribution in [2.45, 2.75) is 40.2 Å². The number of ether oxygens (including phenoxy) is 1. The molecule has 0 aliphatic heterocycles. The second-order valence-electron chi connectivity index (χ2n) is 4.94. The average Bonchev–Trinajstić information content (AvgIpc) is 2.37. The van der Waals surface area contributed by atoms with Gasteiger partial charge in [-0.25, -0.2) is 4.79 Å². The SMILES string of the molecule is COC(=O)C(CC(C)C)Nc1nnc(Cl)c(C)c1C. The summed E-state index contributed by atoms with van der Waals surface area (Å²) in [7, 11) is 1.38. The van der Waals surface area contributed by atoms with Crippen molar-refractivity contribution in [3.63, 3.8) is 0 Å². The lowest BCUT2D eigenvalue weighted by Gasteiger charge is -2.20. The summed E-state index contributed by atoms with van der Waals surface area (Å²) < 4.78 is 4.80. The van der Waals surface area contributed by atoms with Crippen LogP contribution in [0.25, 0.3) is 0 Å². The first-order valence-corrected chi connectivity index (χ1v) is 6.58. The molecule has 0 aliphatic carbocycles. The van der Waals surface area contributed by atoms with E-state index in [1.54, 1.807) is 0 Å². The van der Waals surface area contributed by atoms with Crippen molar-refractivity contribution >= 4 is 23.4 Å². The van der Waals surface area contributed by atoms with Gasteiger partial charge < -0.3 is 10.1 Å². The summed E-state index contributed by atoms with van der Waals surface area (Å²) in [5.41, 5.74) is 1.74. The van der Waals surface area contributed by atoms with Crippen LogP contribution >= 0.6 is 11.6 Å². The maximum absolute atomic E-state index is 11.8. The first kappa shape index (κ1) is 15.7. The fraction of sp³-hybridized carbons (Fsp3) is 0.615. The summed E-state index contributed by atoms with van der Waals surface area (Å²) >= 11 is 5.90. The highest BCUT2D eigenvalue weighted by Crippen LogP contribution is 2.22. The first-order chi connectivity index (χ1) is 8.86. The van der Waals surface area contributed by atoms with Gasteiger partial charge in [0.15, 0.2) is 11.0 Å². The number of halogens is 1. The molecule has 1 aromatic rings. The molecule has 0 aromatic carbocycles. The van der Waals surface area contributed by atoms with Crippen LogP contribution in [0.3, 0.4) is 0 Å². The van der Waals surface area contributed by atoms with E-state index in [0.717, 1.165) is 11.1 Å². The zero-order valence-electron chi connectivity index (χ0n) is 12.0. The van der Waals surface area contributed by atoms with E-state index in [1.165, 1.54) is 7.11 Å². The van der Waals surface area contributed by atoms with Crippen LogP contribution < -0.4 is 5.32 Å². The smallest absolute Gasteiger partial charge is 0.328 e. The summed E-state index contributed by atoms with van der Waals surface area (Å²) in [6.07, 6.45) is 0.662. The summed E-state index contributed by atoms with van der Waals surface area (Å²) in [5.74, 6) is 0.624. The van der Waals surface area contributed by atoms with Crippen molar-refractivity contribution in [2.75, 3.05) is 12.4 Å². The molecular formula is C13H20ClN3O2. The molecule has 6 heteroatoms. The molecule has 1 N–H and O–H groups in total. The van der Waals surface area contributed by atoms with Crippen LogP contribution in [-0.2, 0) is 9.53 Å². The van der Waals surface area contributed by atoms with Crippen LogP contribution in [0.15, 0.2) is 0 Å². The zero-order valence-corrected chi connectivity index (χ0v) is 12.7. The second-order valence-corrected chi connectivity index (χ2v) is 5.30. The number of aromatic nitrogens is 2. The molecule has 0 fully saturated rings. The highest BCUT2D eigenvalue weighted by atomic mass is 35.5. The Morgan fingerprint density at radius 2 is 1.95 bits per heavy atom. The number of nitrogens with zero attached hydrogens (tertiary/aromatic N) is 2. The summed E-state index contributed by atoms with van der Waals surface area (Å²) in [6.45, 7) is 7.85. The molecule has 0 amide bonds. The maximum Gasteiger partial charge on any atom is 0.328 e. The number of nitrogens with one attached hydrogen (secondary N) is 1. The Bertz CT molecular complexity index is 463. The quantitative estimate of drug-likeness (QED) is 0.843. The monoisotopic (exact) mass is 285 g/mol. The Kier molecular flexibility index (Phi) is 5.54. The molecule has 0 radical (unpaired) electrons. The lowest BCUT2D eigenvalue weighted by atomic mass is 10.0. The second kappa shape index (κ2) is 6.70. The third-order valence-corrected chi connectivity index (χ3v) is 3.33. The molecule has 0 saturated carbocycles. The number of carbonyl (C=O) groups is 1. The number of rotatable bonds is 5. The van der Waals surface area contributed by atoms with Gasteiger partial charge in [0.2, 0.25) is 0 Å². The molecule has 5 nitrogen and oxygen atoms in total. The molecule has 1 heterocycles. The zero-order chi connectivity index (χ0) is 14.6. The Balaban J connectivity index is 2.96. The standard InChI is InChI=1S/C13H20ClN3O2/c1-7(2)6-10(13(18)19-5)15-12-9(4)8(3)11(14)16-17-12/h7,10H,6H2,1-5H3,(H,15,17). The van der Waals surface area contributed by atoms with Crippen LogP contribution in [0.4, 0.5) is 5.82 Å². The van der Waals surface area contributed by atoms with Gasteiger partial charge in [0.05, 0.1) is 7.11 Å². The number of anilines is 1. The van der Waals surface area contributed by atoms with E-state index in [9.17, 15) is 4.79 Å². The average molecular weight is 286 g/mol. The molecule has 1 unspecified atom stereocenters. The highest BCUT2D eigenvalue weighted by molar-refractivity contribution is 6.30. The number of esters is 1. The number of hydrogen-bond acceptors (Lipinski definition) is 5. The normalized spacial score (nSPS) is 12.4. The van der Waals surface area contributed by atoms with E-state index in [-0.39, 0.29) is 5.97 Å². The number of methoxy groups -OCH3 is 1. The Labute approximate surface area is 118 Å². The van der Waals surface area contributed by atoms with E-state index >= 15 is 0 Å². The van der Waals surface area contributed by atoms with Crippen LogP contribution in [0, 0.1) is 19.8 Å². The predicted octanol–water partition coefficient (Wildman–Crippen LogP) is 2.75. The first-order valence-electron chi connectivity index (χ1n) is 6.20. The van der Waals surface area contributed by atoms with Crippen LogP contribution in [-0.4, -0.2) is 29.3 Å². The van der Waals surface area contributed by atoms with Gasteiger partial charge in [-0.3, -0.25) is 0 Å². The molecule has 1 aromatic heterocycles. The van der Waals surface area contributed by atoms with E-state index in [4.69, 9.17) is 16.3 Å². The molecule has 106 valence electrons. The van der Waals surface area contributed by atoms with Crippen LogP contribution in [0.5, 0.6) is 0 Å². The Morgan fingerprint density at radius 3 is 2.47 bits per heavy atom. The van der Waals surface area contributed by atoms with Gasteiger partial charge >= 0.3 is 5.97 Å². The van der Waals surface area contributed by atoms with E-state index < -0.39 is 6.04 Å². The van der Waals surface area contributed by atoms with Crippen molar-refractivity contribution in [3.8, 4) is 0 Å². The van der Waals surface area contributed by atoms with E-state index in [2.05, 4.69) is 15.5 Å². The third kappa shape index (κ3) is 4.06. The molecular weight excluding hydrogens is 266 g/mol. The third-order valence-electron chi connectivity index (χ3n) is 2.97. The van der Waals surface area contributed by atoms with Crippen molar-refractivity contribution < 1.29 is 9.53 Å². The number of hydrogen-bond donors (Lipinski definition) is 1. The van der Waals surface area contributed by atoms with Gasteiger partial charge in [-0.15, -0.1) is 10.2 Å². The highest BCUT2D eigenvalue weighted by Gasteiger charge is 2.22. The predicted molar refractivity (Wildman–Crippen MR) is 75.4 cm³/mol. The van der Waals surface area contributed by atoms with Crippen LogP contribution in [0.2, 0.25) is 5.15 Å². The minimum absolute atomic E-state index is 0.303. The van der Waals surface area contributed by atoms with Gasteiger partial charge in [-0.1, -0.05) is 25.4 Å². The van der Waals surface area contributed by atoms with Gasteiger partial charge in [0, 0.05) is 0 Å². The van der Waals surface area contributed by atoms with Crippen molar-refractivity contribution in [1.82, 2.24) is 10.2 Å². The fourth-order valence-electron chi connectivity index (χ4n) is 1.71. The van der Waals surface area contributed by atoms with Gasteiger partial charge in [-0.2, -0.15) is 0 Å². The molecule has 1 atom stereocenters. The Morgan fingerprint density at radius 1 is 1.32 bits per heavy atom. The minimum atomic E-state index is -0.432. The summed E-state index contributed by atoms with van der Waals surface area (Å²) in [5, 5.41) is 11.3. The van der Waals surface area contributed by atoms with E-state index in [0.29, 0.717) is 23.3 Å². The van der Waals surface area contributed by atoms with Gasteiger partial charge in [0.1, 0.15) is 6.04 Å². The van der Waals surface area contributed by atoms with E-state index in [1.807, 2.05) is 27.7 Å². The van der Waals surface area contributed by atoms with Gasteiger partial charge in [0.25, 0.3) is 0 Å². The van der Waals surface area contributed by atoms with Crippen LogP contribution in [0.1, 0.15) is 31.4 Å². The molecule has 0 bridgehead atoms. The largest absolute Gasteiger partial charge is 0.467 e. The molecule has 0 saturated heterocycles. The maximum atomic E-state index is 11.8. The lowest BCUT2D eigenvalue weighted by Crippen LogP contribution is -2.33. The lowest BCUT2D eigenvalue weighted by molar-refractivity contribution is -0.141. The Hall–Kier alpha value is -1.36. The molecule has 0 spiro atoms. The number of carbonyl (C=O) groups excluding carboxylic acids is 1. The van der Waals surface area contributed by atoms with Crippen molar-refractivity contribution in [3.05, 3.63) is 16.3 Å². The van der Waals surface area contributed by atoms with Crippen molar-refractivity contribution in [1.29, 1.82) is 0 Å². The fourth-order valence-corrected chi connectivity index (χ4v) is 1.89. The summed E-state index contributed by atoms with van der Waals surface area (Å²) in [6, 6.07) is -0.432. The van der Waals surface area contributed by atoms with Gasteiger partial charge in [-0.05, 0) is 37.3 Å². The molecule has 0 aliphatic rings. The minimum Gasteiger partial charge on any atom is -0.467 e. The molecule has 1 rings (SSSR count). The topological polar surface area (TPSA) is 64.1 Å². The summed E-state index contributed by atoms with van der Waals surface area (Å²) in [4.78, 5) is 11.8.